The SMILES string of the molecule is CCCCC(=O)NCCOP(=O)(O)OCC(O)COC(=O)CCCC. The number of aliphatic hydroxyl groups is 1. The lowest BCUT2D eigenvalue weighted by Crippen LogP contribution is -2.27. The van der Waals surface area contributed by atoms with E-state index >= 15 is 0 Å². The largest absolute Gasteiger partial charge is 0.472 e. The molecular formula is C15H30NO8P. The summed E-state index contributed by atoms with van der Waals surface area (Å²) < 4.78 is 25.7. The Hall–Kier alpha value is -0.990. The quantitative estimate of drug-likeness (QED) is 0.220. The van der Waals surface area contributed by atoms with Crippen molar-refractivity contribution >= 4 is 19.7 Å². The van der Waals surface area contributed by atoms with Crippen molar-refractivity contribution in [3.05, 3.63) is 0 Å². The van der Waals surface area contributed by atoms with Gasteiger partial charge in [-0.25, -0.2) is 4.57 Å². The molecule has 10 heteroatoms. The van der Waals surface area contributed by atoms with Crippen LogP contribution in [0.4, 0.5) is 0 Å². The predicted octanol–water partition coefficient (Wildman–Crippen LogP) is 1.52. The highest BCUT2D eigenvalue weighted by molar-refractivity contribution is 7.47. The highest BCUT2D eigenvalue weighted by Crippen LogP contribution is 2.42. The number of rotatable bonds is 15. The van der Waals surface area contributed by atoms with Crippen molar-refractivity contribution in [2.24, 2.45) is 0 Å². The van der Waals surface area contributed by atoms with Crippen LogP contribution in [-0.2, 0) is 27.9 Å². The van der Waals surface area contributed by atoms with E-state index < -0.39 is 26.5 Å². The van der Waals surface area contributed by atoms with E-state index in [9.17, 15) is 24.2 Å². The van der Waals surface area contributed by atoms with Gasteiger partial charge < -0.3 is 20.1 Å². The van der Waals surface area contributed by atoms with Crippen LogP contribution in [-0.4, -0.2) is 54.3 Å². The molecule has 2 unspecified atom stereocenters. The van der Waals surface area contributed by atoms with Gasteiger partial charge in [-0.1, -0.05) is 26.7 Å². The molecule has 0 fully saturated rings. The van der Waals surface area contributed by atoms with Crippen LogP contribution >= 0.6 is 7.82 Å². The number of nitrogens with one attached hydrogen (secondary N) is 1. The number of carbonyl (C=O) groups excluding carboxylic acids is 2. The summed E-state index contributed by atoms with van der Waals surface area (Å²) in [6.45, 7) is 2.94. The molecule has 0 aromatic rings. The summed E-state index contributed by atoms with van der Waals surface area (Å²) in [5.41, 5.74) is 0. The number of unbranched alkanes of at least 4 members (excludes halogenated alkanes) is 2. The summed E-state index contributed by atoms with van der Waals surface area (Å²) in [6.07, 6.45) is 2.64. The van der Waals surface area contributed by atoms with E-state index in [-0.39, 0.29) is 32.1 Å². The topological polar surface area (TPSA) is 131 Å². The van der Waals surface area contributed by atoms with Gasteiger partial charge in [0.05, 0.1) is 13.2 Å². The fourth-order valence-corrected chi connectivity index (χ4v) is 2.38. The number of esters is 1. The second-order valence-corrected chi connectivity index (χ2v) is 6.94. The van der Waals surface area contributed by atoms with Crippen molar-refractivity contribution < 1.29 is 37.9 Å². The number of amides is 1. The molecule has 0 radical (unpaired) electrons. The molecule has 0 saturated heterocycles. The zero-order valence-corrected chi connectivity index (χ0v) is 15.8. The third-order valence-electron chi connectivity index (χ3n) is 3.04. The minimum atomic E-state index is -4.34. The molecule has 148 valence electrons. The molecular weight excluding hydrogens is 353 g/mol. The third-order valence-corrected chi connectivity index (χ3v) is 4.02. The Morgan fingerprint density at radius 1 is 1.08 bits per heavy atom. The molecule has 0 rings (SSSR count). The number of aliphatic hydroxyl groups excluding tert-OH is 1. The van der Waals surface area contributed by atoms with Gasteiger partial charge in [0.25, 0.3) is 0 Å². The zero-order chi connectivity index (χ0) is 19.1. The number of hydrogen-bond donors (Lipinski definition) is 3. The van der Waals surface area contributed by atoms with Crippen LogP contribution < -0.4 is 5.32 Å². The summed E-state index contributed by atoms with van der Waals surface area (Å²) >= 11 is 0. The predicted molar refractivity (Wildman–Crippen MR) is 90.8 cm³/mol. The third kappa shape index (κ3) is 15.0. The number of carbonyl (C=O) groups is 2. The first-order chi connectivity index (χ1) is 11.8. The molecule has 0 aliphatic rings. The van der Waals surface area contributed by atoms with Crippen LogP contribution in [0.5, 0.6) is 0 Å². The summed E-state index contributed by atoms with van der Waals surface area (Å²) in [4.78, 5) is 32.0. The monoisotopic (exact) mass is 383 g/mol. The van der Waals surface area contributed by atoms with Gasteiger partial charge in [-0.05, 0) is 12.8 Å². The Balaban J connectivity index is 3.82. The van der Waals surface area contributed by atoms with Gasteiger partial charge in [0.15, 0.2) is 0 Å². The number of hydrogen-bond acceptors (Lipinski definition) is 7. The first-order valence-corrected chi connectivity index (χ1v) is 10.0. The molecule has 0 saturated carbocycles. The Bertz CT molecular complexity index is 432. The van der Waals surface area contributed by atoms with Crippen molar-refractivity contribution in [1.82, 2.24) is 5.32 Å². The molecule has 0 bridgehead atoms. The van der Waals surface area contributed by atoms with Crippen LogP contribution in [0.1, 0.15) is 52.4 Å². The number of phosphoric acid groups is 1. The molecule has 0 heterocycles. The van der Waals surface area contributed by atoms with Crippen molar-refractivity contribution in [1.29, 1.82) is 0 Å². The minimum Gasteiger partial charge on any atom is -0.463 e. The Morgan fingerprint density at radius 2 is 1.72 bits per heavy atom. The summed E-state index contributed by atoms with van der Waals surface area (Å²) in [6, 6.07) is 0. The summed E-state index contributed by atoms with van der Waals surface area (Å²) in [7, 11) is -4.34. The van der Waals surface area contributed by atoms with E-state index in [0.29, 0.717) is 12.8 Å². The minimum absolute atomic E-state index is 0.0774. The molecule has 0 aromatic carbocycles. The zero-order valence-electron chi connectivity index (χ0n) is 14.9. The van der Waals surface area contributed by atoms with Gasteiger partial charge in [0.2, 0.25) is 5.91 Å². The fourth-order valence-electron chi connectivity index (χ4n) is 1.63. The van der Waals surface area contributed by atoms with E-state index in [2.05, 4.69) is 14.4 Å². The van der Waals surface area contributed by atoms with E-state index in [1.165, 1.54) is 0 Å². The second-order valence-electron chi connectivity index (χ2n) is 5.49. The first kappa shape index (κ1) is 24.0. The van der Waals surface area contributed by atoms with Crippen molar-refractivity contribution in [3.8, 4) is 0 Å². The van der Waals surface area contributed by atoms with E-state index in [0.717, 1.165) is 19.3 Å². The Morgan fingerprint density at radius 3 is 2.36 bits per heavy atom. The maximum atomic E-state index is 11.6. The second kappa shape index (κ2) is 14.2. The molecule has 25 heavy (non-hydrogen) atoms. The lowest BCUT2D eigenvalue weighted by Gasteiger charge is -2.15. The maximum Gasteiger partial charge on any atom is 0.472 e. The van der Waals surface area contributed by atoms with Gasteiger partial charge in [0, 0.05) is 19.4 Å². The fraction of sp³-hybridized carbons (Fsp3) is 0.867. The van der Waals surface area contributed by atoms with E-state index in [4.69, 9.17) is 4.74 Å². The average Bonchev–Trinajstić information content (AvgIpc) is 2.58. The smallest absolute Gasteiger partial charge is 0.463 e. The molecule has 0 aliphatic carbocycles. The van der Waals surface area contributed by atoms with Crippen LogP contribution in [0.2, 0.25) is 0 Å². The molecule has 0 spiro atoms. The lowest BCUT2D eigenvalue weighted by atomic mass is 10.2. The van der Waals surface area contributed by atoms with Crippen molar-refractivity contribution in [2.45, 2.75) is 58.5 Å². The van der Waals surface area contributed by atoms with Crippen molar-refractivity contribution in [3.63, 3.8) is 0 Å². The van der Waals surface area contributed by atoms with Gasteiger partial charge in [-0.15, -0.1) is 0 Å². The normalized spacial score (nSPS) is 14.6. The standard InChI is InChI=1S/C15H30NO8P/c1-3-5-7-14(18)16-9-10-23-25(20,21)24-12-13(17)11-22-15(19)8-6-4-2/h13,17H,3-12H2,1-2H3,(H,16,18)(H,20,21). The van der Waals surface area contributed by atoms with Crippen LogP contribution in [0.25, 0.3) is 0 Å². The van der Waals surface area contributed by atoms with Gasteiger partial charge in [-0.3, -0.25) is 18.6 Å². The highest BCUT2D eigenvalue weighted by atomic mass is 31.2. The summed E-state index contributed by atoms with van der Waals surface area (Å²) in [5.74, 6) is -0.595. The van der Waals surface area contributed by atoms with Crippen LogP contribution in [0.3, 0.4) is 0 Å². The van der Waals surface area contributed by atoms with Crippen LogP contribution in [0, 0.1) is 0 Å². The van der Waals surface area contributed by atoms with Crippen LogP contribution in [0.15, 0.2) is 0 Å². The van der Waals surface area contributed by atoms with E-state index in [1.54, 1.807) is 0 Å². The Labute approximate surface area is 148 Å². The van der Waals surface area contributed by atoms with Gasteiger partial charge >= 0.3 is 13.8 Å². The molecule has 2 atom stereocenters. The van der Waals surface area contributed by atoms with Gasteiger partial charge in [-0.2, -0.15) is 0 Å². The number of phosphoric ester groups is 1. The molecule has 0 aromatic heterocycles. The van der Waals surface area contributed by atoms with Crippen molar-refractivity contribution in [2.75, 3.05) is 26.4 Å². The van der Waals surface area contributed by atoms with Gasteiger partial charge in [0.1, 0.15) is 12.7 Å². The first-order valence-electron chi connectivity index (χ1n) is 8.53. The number of ether oxygens (including phenoxy) is 1. The molecule has 1 amide bonds. The highest BCUT2D eigenvalue weighted by Gasteiger charge is 2.23. The maximum absolute atomic E-state index is 11.6. The average molecular weight is 383 g/mol. The molecule has 9 nitrogen and oxygen atoms in total. The molecule has 3 N–H and O–H groups in total. The summed E-state index contributed by atoms with van der Waals surface area (Å²) in [5, 5.41) is 12.1. The van der Waals surface area contributed by atoms with E-state index in [1.807, 2.05) is 13.8 Å². The molecule has 0 aliphatic heterocycles. The Kier molecular flexibility index (Phi) is 13.6. The lowest BCUT2D eigenvalue weighted by molar-refractivity contribution is -0.147.